The molecule has 0 saturated heterocycles. The monoisotopic (exact) mass is 297 g/mol. The fourth-order valence-corrected chi connectivity index (χ4v) is 2.85. The zero-order chi connectivity index (χ0) is 14.2. The third-order valence-electron chi connectivity index (χ3n) is 3.68. The van der Waals surface area contributed by atoms with Crippen LogP contribution >= 0.6 is 11.6 Å². The number of hydrogen-bond acceptors (Lipinski definition) is 4. The van der Waals surface area contributed by atoms with Crippen LogP contribution in [0.4, 0.5) is 0 Å². The van der Waals surface area contributed by atoms with E-state index in [4.69, 9.17) is 16.3 Å². The van der Waals surface area contributed by atoms with Gasteiger partial charge in [-0.15, -0.1) is 0 Å². The molecule has 0 unspecified atom stereocenters. The van der Waals surface area contributed by atoms with Crippen LogP contribution < -0.4 is 0 Å². The SMILES string of the molecule is Clc1nc(-c2cncc3ccccc23)nc2c1COCC2. The second-order valence-electron chi connectivity index (χ2n) is 4.97. The lowest BCUT2D eigenvalue weighted by Gasteiger charge is -2.17. The molecule has 0 aliphatic carbocycles. The maximum absolute atomic E-state index is 6.30. The Kier molecular flexibility index (Phi) is 3.05. The highest BCUT2D eigenvalue weighted by atomic mass is 35.5. The second-order valence-corrected chi connectivity index (χ2v) is 5.33. The highest BCUT2D eigenvalue weighted by Gasteiger charge is 2.18. The van der Waals surface area contributed by atoms with Crippen LogP contribution in [-0.4, -0.2) is 21.6 Å². The molecule has 0 bridgehead atoms. The Morgan fingerprint density at radius 3 is 2.95 bits per heavy atom. The van der Waals surface area contributed by atoms with Gasteiger partial charge >= 0.3 is 0 Å². The van der Waals surface area contributed by atoms with Gasteiger partial charge in [-0.1, -0.05) is 35.9 Å². The number of benzene rings is 1. The molecule has 1 aromatic carbocycles. The molecule has 21 heavy (non-hydrogen) atoms. The lowest BCUT2D eigenvalue weighted by atomic mass is 10.1. The molecule has 1 aliphatic heterocycles. The first-order valence-electron chi connectivity index (χ1n) is 6.79. The van der Waals surface area contributed by atoms with Gasteiger partial charge in [-0.05, 0) is 5.39 Å². The van der Waals surface area contributed by atoms with Crippen LogP contribution in [-0.2, 0) is 17.8 Å². The number of halogens is 1. The minimum Gasteiger partial charge on any atom is -0.376 e. The van der Waals surface area contributed by atoms with E-state index >= 15 is 0 Å². The average molecular weight is 298 g/mol. The summed E-state index contributed by atoms with van der Waals surface area (Å²) in [4.78, 5) is 13.4. The summed E-state index contributed by atoms with van der Waals surface area (Å²) in [6, 6.07) is 8.07. The van der Waals surface area contributed by atoms with E-state index in [0.29, 0.717) is 24.2 Å². The summed E-state index contributed by atoms with van der Waals surface area (Å²) in [6.45, 7) is 1.16. The van der Waals surface area contributed by atoms with Crippen LogP contribution in [0, 0.1) is 0 Å². The van der Waals surface area contributed by atoms with Gasteiger partial charge in [0.25, 0.3) is 0 Å². The Labute approximate surface area is 126 Å². The minimum atomic E-state index is 0.475. The zero-order valence-corrected chi connectivity index (χ0v) is 12.0. The van der Waals surface area contributed by atoms with Gasteiger partial charge < -0.3 is 4.74 Å². The van der Waals surface area contributed by atoms with Gasteiger partial charge in [0.15, 0.2) is 5.82 Å². The maximum atomic E-state index is 6.30. The molecule has 0 fully saturated rings. The first-order chi connectivity index (χ1) is 10.3. The molecule has 4 nitrogen and oxygen atoms in total. The largest absolute Gasteiger partial charge is 0.376 e. The molecule has 3 heterocycles. The van der Waals surface area contributed by atoms with E-state index in [2.05, 4.69) is 15.0 Å². The number of ether oxygens (including phenoxy) is 1. The maximum Gasteiger partial charge on any atom is 0.163 e. The summed E-state index contributed by atoms with van der Waals surface area (Å²) in [5.74, 6) is 0.630. The number of pyridine rings is 1. The molecule has 0 N–H and O–H groups in total. The van der Waals surface area contributed by atoms with Crippen molar-refractivity contribution >= 4 is 22.4 Å². The van der Waals surface area contributed by atoms with E-state index < -0.39 is 0 Å². The van der Waals surface area contributed by atoms with Crippen molar-refractivity contribution in [2.24, 2.45) is 0 Å². The number of rotatable bonds is 1. The predicted octanol–water partition coefficient (Wildman–Crippen LogP) is 3.42. The van der Waals surface area contributed by atoms with Crippen LogP contribution in [0.3, 0.4) is 0 Å². The Hall–Kier alpha value is -2.04. The highest BCUT2D eigenvalue weighted by Crippen LogP contribution is 2.29. The molecule has 4 rings (SSSR count). The molecule has 0 amide bonds. The summed E-state index contributed by atoms with van der Waals surface area (Å²) in [6.07, 6.45) is 4.40. The van der Waals surface area contributed by atoms with Crippen molar-refractivity contribution in [2.75, 3.05) is 6.61 Å². The molecule has 0 spiro atoms. The van der Waals surface area contributed by atoms with Gasteiger partial charge in [-0.2, -0.15) is 0 Å². The van der Waals surface area contributed by atoms with E-state index in [1.54, 1.807) is 6.20 Å². The second kappa shape index (κ2) is 5.06. The van der Waals surface area contributed by atoms with Crippen LogP contribution in [0.25, 0.3) is 22.2 Å². The van der Waals surface area contributed by atoms with Gasteiger partial charge in [-0.3, -0.25) is 4.98 Å². The molecule has 104 valence electrons. The minimum absolute atomic E-state index is 0.475. The topological polar surface area (TPSA) is 47.9 Å². The summed E-state index contributed by atoms with van der Waals surface area (Å²) in [5.41, 5.74) is 2.79. The quantitative estimate of drug-likeness (QED) is 0.646. The van der Waals surface area contributed by atoms with Gasteiger partial charge in [0.1, 0.15) is 5.15 Å². The van der Waals surface area contributed by atoms with Crippen molar-refractivity contribution < 1.29 is 4.74 Å². The van der Waals surface area contributed by atoms with Gasteiger partial charge in [0.05, 0.1) is 18.9 Å². The molecule has 5 heteroatoms. The number of hydrogen-bond donors (Lipinski definition) is 0. The van der Waals surface area contributed by atoms with Crippen LogP contribution in [0.15, 0.2) is 36.7 Å². The lowest BCUT2D eigenvalue weighted by molar-refractivity contribution is 0.109. The molecule has 0 saturated carbocycles. The Morgan fingerprint density at radius 2 is 2.00 bits per heavy atom. The number of aromatic nitrogens is 3. The summed E-state index contributed by atoms with van der Waals surface area (Å²) in [5, 5.41) is 2.62. The van der Waals surface area contributed by atoms with Crippen LogP contribution in [0.5, 0.6) is 0 Å². The Bertz CT molecular complexity index is 830. The first-order valence-corrected chi connectivity index (χ1v) is 7.17. The molecule has 1 aliphatic rings. The van der Waals surface area contributed by atoms with Crippen molar-refractivity contribution in [3.63, 3.8) is 0 Å². The fourth-order valence-electron chi connectivity index (χ4n) is 2.61. The van der Waals surface area contributed by atoms with Crippen molar-refractivity contribution in [1.29, 1.82) is 0 Å². The third kappa shape index (κ3) is 2.17. The van der Waals surface area contributed by atoms with E-state index in [1.165, 1.54) is 0 Å². The normalized spacial score (nSPS) is 14.1. The molecule has 2 aromatic heterocycles. The van der Waals surface area contributed by atoms with Gasteiger partial charge in [-0.25, -0.2) is 9.97 Å². The fraction of sp³-hybridized carbons (Fsp3) is 0.188. The Morgan fingerprint density at radius 1 is 1.10 bits per heavy atom. The third-order valence-corrected chi connectivity index (χ3v) is 3.99. The van der Waals surface area contributed by atoms with Gasteiger partial charge in [0, 0.05) is 35.3 Å². The molecular weight excluding hydrogens is 286 g/mol. The van der Waals surface area contributed by atoms with Crippen molar-refractivity contribution in [1.82, 2.24) is 15.0 Å². The van der Waals surface area contributed by atoms with Crippen molar-refractivity contribution in [3.8, 4) is 11.4 Å². The smallest absolute Gasteiger partial charge is 0.163 e. The van der Waals surface area contributed by atoms with Crippen LogP contribution in [0.2, 0.25) is 5.15 Å². The molecule has 0 radical (unpaired) electrons. The van der Waals surface area contributed by atoms with E-state index in [0.717, 1.165) is 34.0 Å². The number of nitrogens with zero attached hydrogens (tertiary/aromatic N) is 3. The zero-order valence-electron chi connectivity index (χ0n) is 11.2. The summed E-state index contributed by atoms with van der Waals surface area (Å²) in [7, 11) is 0. The number of fused-ring (bicyclic) bond motifs is 2. The summed E-state index contributed by atoms with van der Waals surface area (Å²) >= 11 is 6.30. The lowest BCUT2D eigenvalue weighted by Crippen LogP contribution is -2.14. The molecular formula is C16H12ClN3O. The highest BCUT2D eigenvalue weighted by molar-refractivity contribution is 6.30. The van der Waals surface area contributed by atoms with E-state index in [-0.39, 0.29) is 0 Å². The first kappa shape index (κ1) is 12.7. The van der Waals surface area contributed by atoms with Crippen LogP contribution in [0.1, 0.15) is 11.3 Å². The predicted molar refractivity (Wildman–Crippen MR) is 81.1 cm³/mol. The Balaban J connectivity index is 1.95. The average Bonchev–Trinajstić information content (AvgIpc) is 2.54. The molecule has 3 aromatic rings. The van der Waals surface area contributed by atoms with E-state index in [9.17, 15) is 0 Å². The summed E-state index contributed by atoms with van der Waals surface area (Å²) < 4.78 is 5.42. The van der Waals surface area contributed by atoms with Crippen molar-refractivity contribution in [3.05, 3.63) is 53.1 Å². The van der Waals surface area contributed by atoms with Crippen molar-refractivity contribution in [2.45, 2.75) is 13.0 Å². The molecule has 0 atom stereocenters. The van der Waals surface area contributed by atoms with E-state index in [1.807, 2.05) is 30.5 Å². The van der Waals surface area contributed by atoms with Gasteiger partial charge in [0.2, 0.25) is 0 Å². The standard InChI is InChI=1S/C16H12ClN3O/c17-15-13-9-21-6-5-14(13)19-16(20-15)12-8-18-7-10-3-1-2-4-11(10)12/h1-4,7-8H,5-6,9H2.